The summed E-state index contributed by atoms with van der Waals surface area (Å²) in [6.07, 6.45) is 6.80. The lowest BCUT2D eigenvalue weighted by atomic mass is 10.00. The van der Waals surface area contributed by atoms with Crippen molar-refractivity contribution in [3.8, 4) is 5.75 Å². The number of hydrogen-bond donors (Lipinski definition) is 1. The first kappa shape index (κ1) is 18.5. The third kappa shape index (κ3) is 6.06. The van der Waals surface area contributed by atoms with Crippen LogP contribution in [0.2, 0.25) is 0 Å². The molecule has 1 unspecified atom stereocenters. The second kappa shape index (κ2) is 10.2. The maximum atomic E-state index is 12.2. The largest absolute Gasteiger partial charge is 0.497 e. The molecule has 0 aliphatic rings. The maximum Gasteiger partial charge on any atom is 0.253 e. The Kier molecular flexibility index (Phi) is 8.60. The van der Waals surface area contributed by atoms with Crippen LogP contribution < -0.4 is 4.74 Å². The van der Waals surface area contributed by atoms with E-state index < -0.39 is 0 Å². The van der Waals surface area contributed by atoms with E-state index in [1.165, 1.54) is 25.7 Å². The molecule has 0 aliphatic carbocycles. The summed E-state index contributed by atoms with van der Waals surface area (Å²) >= 11 is 0. The van der Waals surface area contributed by atoms with Gasteiger partial charge in [0.05, 0.1) is 13.0 Å². The van der Waals surface area contributed by atoms with Gasteiger partial charge >= 0.3 is 0 Å². The van der Waals surface area contributed by atoms with E-state index in [0.29, 0.717) is 6.54 Å². The summed E-state index contributed by atoms with van der Waals surface area (Å²) in [7, 11) is 1.61. The highest BCUT2D eigenvalue weighted by molar-refractivity contribution is 5.82. The molecule has 1 amide bonds. The molecule has 0 fully saturated rings. The number of amides is 1. The summed E-state index contributed by atoms with van der Waals surface area (Å²) in [5, 5.41) is 10.8. The van der Waals surface area contributed by atoms with E-state index in [1.807, 2.05) is 31.2 Å². The number of hydroxylamine groups is 2. The van der Waals surface area contributed by atoms with Crippen molar-refractivity contribution < 1.29 is 14.7 Å². The molecule has 0 spiro atoms. The molecule has 1 N–H and O–H groups in total. The average molecular weight is 307 g/mol. The Hall–Kier alpha value is -1.55. The first-order valence-electron chi connectivity index (χ1n) is 8.24. The minimum atomic E-state index is -0.351. The SMILES string of the molecule is CCCCCCCCN(O)C(=O)C(C)c1ccc(OC)cc1. The Morgan fingerprint density at radius 3 is 2.32 bits per heavy atom. The number of rotatable bonds is 10. The van der Waals surface area contributed by atoms with Crippen LogP contribution in [0.5, 0.6) is 5.75 Å². The van der Waals surface area contributed by atoms with Crippen molar-refractivity contribution >= 4 is 5.91 Å². The Morgan fingerprint density at radius 2 is 1.73 bits per heavy atom. The molecule has 0 heterocycles. The van der Waals surface area contributed by atoms with E-state index in [1.54, 1.807) is 7.11 Å². The highest BCUT2D eigenvalue weighted by Gasteiger charge is 2.20. The third-order valence-electron chi connectivity index (χ3n) is 3.96. The molecule has 4 heteroatoms. The molecular weight excluding hydrogens is 278 g/mol. The zero-order valence-corrected chi connectivity index (χ0v) is 14.0. The lowest BCUT2D eigenvalue weighted by Crippen LogP contribution is -2.32. The fraction of sp³-hybridized carbons (Fsp3) is 0.611. The summed E-state index contributed by atoms with van der Waals surface area (Å²) in [6, 6.07) is 7.38. The summed E-state index contributed by atoms with van der Waals surface area (Å²) in [5.41, 5.74) is 0.882. The first-order chi connectivity index (χ1) is 10.6. The topological polar surface area (TPSA) is 49.8 Å². The Balaban J connectivity index is 2.37. The molecule has 124 valence electrons. The molecule has 22 heavy (non-hydrogen) atoms. The highest BCUT2D eigenvalue weighted by Crippen LogP contribution is 2.21. The number of carbonyl (C=O) groups is 1. The van der Waals surface area contributed by atoms with Gasteiger partial charge in [-0.15, -0.1) is 0 Å². The van der Waals surface area contributed by atoms with E-state index in [0.717, 1.165) is 29.2 Å². The third-order valence-corrected chi connectivity index (χ3v) is 3.96. The second-order valence-corrected chi connectivity index (χ2v) is 5.72. The van der Waals surface area contributed by atoms with E-state index in [4.69, 9.17) is 4.74 Å². The fourth-order valence-corrected chi connectivity index (χ4v) is 2.41. The van der Waals surface area contributed by atoms with Gasteiger partial charge in [0.2, 0.25) is 0 Å². The number of methoxy groups -OCH3 is 1. The number of unbranched alkanes of at least 4 members (excludes halogenated alkanes) is 5. The van der Waals surface area contributed by atoms with Crippen LogP contribution in [0.15, 0.2) is 24.3 Å². The van der Waals surface area contributed by atoms with Crippen LogP contribution >= 0.6 is 0 Å². The normalized spacial score (nSPS) is 12.0. The first-order valence-corrected chi connectivity index (χ1v) is 8.24. The molecule has 0 bridgehead atoms. The lowest BCUT2D eigenvalue weighted by molar-refractivity contribution is -0.167. The van der Waals surface area contributed by atoms with Crippen molar-refractivity contribution in [3.05, 3.63) is 29.8 Å². The van der Waals surface area contributed by atoms with Crippen LogP contribution in [0.3, 0.4) is 0 Å². The average Bonchev–Trinajstić information content (AvgIpc) is 2.56. The van der Waals surface area contributed by atoms with Crippen molar-refractivity contribution in [2.75, 3.05) is 13.7 Å². The van der Waals surface area contributed by atoms with Crippen LogP contribution in [0, 0.1) is 0 Å². The van der Waals surface area contributed by atoms with Gasteiger partial charge in [-0.1, -0.05) is 51.2 Å². The Morgan fingerprint density at radius 1 is 1.14 bits per heavy atom. The number of hydrogen-bond acceptors (Lipinski definition) is 3. The summed E-state index contributed by atoms with van der Waals surface area (Å²) in [4.78, 5) is 12.2. The van der Waals surface area contributed by atoms with Gasteiger partial charge in [-0.2, -0.15) is 0 Å². The Bertz CT molecular complexity index is 430. The molecule has 0 radical (unpaired) electrons. The number of nitrogens with zero attached hydrogens (tertiary/aromatic N) is 1. The molecule has 0 aromatic heterocycles. The van der Waals surface area contributed by atoms with Crippen LogP contribution in [0.25, 0.3) is 0 Å². The zero-order valence-electron chi connectivity index (χ0n) is 14.0. The predicted molar refractivity (Wildman–Crippen MR) is 88.3 cm³/mol. The van der Waals surface area contributed by atoms with Crippen molar-refractivity contribution in [2.45, 2.75) is 58.3 Å². The molecule has 1 aromatic carbocycles. The molecule has 0 aliphatic heterocycles. The van der Waals surface area contributed by atoms with Gasteiger partial charge in [0, 0.05) is 6.54 Å². The van der Waals surface area contributed by atoms with E-state index in [2.05, 4.69) is 6.92 Å². The summed E-state index contributed by atoms with van der Waals surface area (Å²) < 4.78 is 5.11. The highest BCUT2D eigenvalue weighted by atomic mass is 16.5. The molecule has 1 atom stereocenters. The summed E-state index contributed by atoms with van der Waals surface area (Å²) in [6.45, 7) is 4.41. The standard InChI is InChI=1S/C18H29NO3/c1-4-5-6-7-8-9-14-19(21)18(20)15(2)16-10-12-17(22-3)13-11-16/h10-13,15,21H,4-9,14H2,1-3H3. The van der Waals surface area contributed by atoms with Crippen LogP contribution in [0.4, 0.5) is 0 Å². The van der Waals surface area contributed by atoms with Crippen LogP contribution in [-0.4, -0.2) is 29.8 Å². The smallest absolute Gasteiger partial charge is 0.253 e. The molecular formula is C18H29NO3. The van der Waals surface area contributed by atoms with Crippen molar-refractivity contribution in [3.63, 3.8) is 0 Å². The minimum absolute atomic E-state index is 0.251. The van der Waals surface area contributed by atoms with Gasteiger partial charge < -0.3 is 4.74 Å². The summed E-state index contributed by atoms with van der Waals surface area (Å²) in [5.74, 6) is 0.158. The van der Waals surface area contributed by atoms with E-state index >= 15 is 0 Å². The monoisotopic (exact) mass is 307 g/mol. The quantitative estimate of drug-likeness (QED) is 0.396. The maximum absolute atomic E-state index is 12.2. The molecule has 0 saturated carbocycles. The second-order valence-electron chi connectivity index (χ2n) is 5.72. The zero-order chi connectivity index (χ0) is 16.4. The van der Waals surface area contributed by atoms with E-state index in [-0.39, 0.29) is 11.8 Å². The minimum Gasteiger partial charge on any atom is -0.497 e. The molecule has 1 aromatic rings. The Labute approximate surface area is 134 Å². The van der Waals surface area contributed by atoms with Crippen LogP contribution in [0.1, 0.15) is 63.9 Å². The van der Waals surface area contributed by atoms with Crippen molar-refractivity contribution in [2.24, 2.45) is 0 Å². The van der Waals surface area contributed by atoms with Gasteiger partial charge in [0.15, 0.2) is 0 Å². The number of benzene rings is 1. The number of carbonyl (C=O) groups excluding carboxylic acids is 1. The molecule has 4 nitrogen and oxygen atoms in total. The van der Waals surface area contributed by atoms with Gasteiger partial charge in [-0.05, 0) is 31.0 Å². The van der Waals surface area contributed by atoms with Gasteiger partial charge in [-0.25, -0.2) is 5.06 Å². The molecule has 0 saturated heterocycles. The van der Waals surface area contributed by atoms with Crippen molar-refractivity contribution in [1.82, 2.24) is 5.06 Å². The number of ether oxygens (including phenoxy) is 1. The van der Waals surface area contributed by atoms with Gasteiger partial charge in [-0.3, -0.25) is 10.0 Å². The van der Waals surface area contributed by atoms with E-state index in [9.17, 15) is 10.0 Å². The van der Waals surface area contributed by atoms with Gasteiger partial charge in [0.25, 0.3) is 5.91 Å². The van der Waals surface area contributed by atoms with Crippen LogP contribution in [-0.2, 0) is 4.79 Å². The lowest BCUT2D eigenvalue weighted by Gasteiger charge is -2.19. The van der Waals surface area contributed by atoms with Gasteiger partial charge in [0.1, 0.15) is 5.75 Å². The predicted octanol–water partition coefficient (Wildman–Crippen LogP) is 4.38. The fourth-order valence-electron chi connectivity index (χ4n) is 2.41. The molecule has 1 rings (SSSR count). The van der Waals surface area contributed by atoms with Crippen molar-refractivity contribution in [1.29, 1.82) is 0 Å².